The molecule has 0 aliphatic heterocycles. The topological polar surface area (TPSA) is 68.7 Å². The largest absolute Gasteiger partial charge is 0.493 e. The van der Waals surface area contributed by atoms with Crippen LogP contribution in [0, 0.1) is 6.92 Å². The Balaban J connectivity index is 1.94. The van der Waals surface area contributed by atoms with Crippen LogP contribution in [0.2, 0.25) is 0 Å². The fraction of sp³-hybridized carbons (Fsp3) is 0.238. The summed E-state index contributed by atoms with van der Waals surface area (Å²) in [7, 11) is 6.69. The van der Waals surface area contributed by atoms with Crippen molar-refractivity contribution in [1.82, 2.24) is 9.97 Å². The Morgan fingerprint density at radius 2 is 1.50 bits per heavy atom. The second-order valence-corrected chi connectivity index (χ2v) is 6.13. The van der Waals surface area contributed by atoms with E-state index in [2.05, 4.69) is 15.3 Å². The van der Waals surface area contributed by atoms with Crippen molar-refractivity contribution in [1.29, 1.82) is 0 Å². The molecule has 146 valence electrons. The molecule has 0 radical (unpaired) electrons. The van der Waals surface area contributed by atoms with Gasteiger partial charge >= 0.3 is 0 Å². The smallest absolute Gasteiger partial charge is 0.231 e. The van der Waals surface area contributed by atoms with Gasteiger partial charge in [-0.05, 0) is 19.1 Å². The quantitative estimate of drug-likeness (QED) is 0.654. The molecule has 0 aliphatic carbocycles. The molecule has 7 heteroatoms. The normalized spacial score (nSPS) is 10.3. The summed E-state index contributed by atoms with van der Waals surface area (Å²) in [6.45, 7) is 1.93. The molecule has 0 spiro atoms. The number of methoxy groups -OCH3 is 3. The third kappa shape index (κ3) is 4.09. The van der Waals surface area contributed by atoms with Crippen molar-refractivity contribution >= 4 is 23.1 Å². The SMILES string of the molecule is COc1cc(Nc2cc(C)nc(N(C)c3ccccc3)n2)cc(OC)c1OC. The van der Waals surface area contributed by atoms with Gasteiger partial charge in [-0.15, -0.1) is 0 Å². The summed E-state index contributed by atoms with van der Waals surface area (Å²) in [6, 6.07) is 15.5. The van der Waals surface area contributed by atoms with E-state index in [9.17, 15) is 0 Å². The van der Waals surface area contributed by atoms with Crippen LogP contribution in [-0.2, 0) is 0 Å². The fourth-order valence-corrected chi connectivity index (χ4v) is 2.84. The molecule has 0 bridgehead atoms. The van der Waals surface area contributed by atoms with Crippen LogP contribution in [0.3, 0.4) is 0 Å². The number of rotatable bonds is 7. The average Bonchev–Trinajstić information content (AvgIpc) is 2.72. The Morgan fingerprint density at radius 3 is 2.07 bits per heavy atom. The summed E-state index contributed by atoms with van der Waals surface area (Å²) < 4.78 is 16.2. The molecule has 0 saturated carbocycles. The van der Waals surface area contributed by atoms with Gasteiger partial charge < -0.3 is 24.4 Å². The first-order chi connectivity index (χ1) is 13.5. The van der Waals surface area contributed by atoms with Gasteiger partial charge in [-0.2, -0.15) is 4.98 Å². The number of aryl methyl sites for hydroxylation is 1. The first kappa shape index (κ1) is 19.3. The second-order valence-electron chi connectivity index (χ2n) is 6.13. The lowest BCUT2D eigenvalue weighted by atomic mass is 10.2. The third-order valence-corrected chi connectivity index (χ3v) is 4.22. The molecule has 0 fully saturated rings. The van der Waals surface area contributed by atoms with Crippen molar-refractivity contribution in [3.8, 4) is 17.2 Å². The van der Waals surface area contributed by atoms with Crippen LogP contribution in [0.5, 0.6) is 17.2 Å². The number of nitrogens with one attached hydrogen (secondary N) is 1. The van der Waals surface area contributed by atoms with E-state index in [-0.39, 0.29) is 0 Å². The molecule has 3 rings (SSSR count). The zero-order valence-electron chi connectivity index (χ0n) is 16.7. The van der Waals surface area contributed by atoms with Gasteiger partial charge in [0, 0.05) is 42.3 Å². The van der Waals surface area contributed by atoms with Crippen LogP contribution < -0.4 is 24.4 Å². The van der Waals surface area contributed by atoms with Crippen molar-refractivity contribution in [3.05, 3.63) is 54.2 Å². The molecule has 0 saturated heterocycles. The fourth-order valence-electron chi connectivity index (χ4n) is 2.84. The van der Waals surface area contributed by atoms with Crippen molar-refractivity contribution in [3.63, 3.8) is 0 Å². The highest BCUT2D eigenvalue weighted by atomic mass is 16.5. The number of para-hydroxylation sites is 1. The molecule has 2 aromatic carbocycles. The van der Waals surface area contributed by atoms with Crippen molar-refractivity contribution in [2.75, 3.05) is 38.6 Å². The van der Waals surface area contributed by atoms with Gasteiger partial charge in [0.05, 0.1) is 21.3 Å². The Labute approximate surface area is 164 Å². The van der Waals surface area contributed by atoms with Crippen molar-refractivity contribution in [2.24, 2.45) is 0 Å². The first-order valence-electron chi connectivity index (χ1n) is 8.77. The van der Waals surface area contributed by atoms with Crippen molar-refractivity contribution in [2.45, 2.75) is 6.92 Å². The zero-order valence-corrected chi connectivity index (χ0v) is 16.7. The van der Waals surface area contributed by atoms with Gasteiger partial charge in [-0.25, -0.2) is 4.98 Å². The van der Waals surface area contributed by atoms with E-state index in [4.69, 9.17) is 14.2 Å². The summed E-state index contributed by atoms with van der Waals surface area (Å²) in [6.07, 6.45) is 0. The molecule has 1 heterocycles. The van der Waals surface area contributed by atoms with Crippen LogP contribution in [-0.4, -0.2) is 38.3 Å². The van der Waals surface area contributed by atoms with Gasteiger partial charge in [0.15, 0.2) is 11.5 Å². The van der Waals surface area contributed by atoms with Gasteiger partial charge in [-0.1, -0.05) is 18.2 Å². The number of aromatic nitrogens is 2. The van der Waals surface area contributed by atoms with Gasteiger partial charge in [0.25, 0.3) is 0 Å². The Hall–Kier alpha value is -3.48. The predicted octanol–water partition coefficient (Wildman–Crippen LogP) is 4.32. The Morgan fingerprint density at radius 1 is 0.857 bits per heavy atom. The molecular weight excluding hydrogens is 356 g/mol. The molecule has 0 unspecified atom stereocenters. The molecule has 1 N–H and O–H groups in total. The molecule has 0 atom stereocenters. The van der Waals surface area contributed by atoms with Gasteiger partial charge in [0.2, 0.25) is 11.7 Å². The molecule has 3 aromatic rings. The molecule has 7 nitrogen and oxygen atoms in total. The maximum atomic E-state index is 5.41. The number of nitrogens with zero attached hydrogens (tertiary/aromatic N) is 3. The number of hydrogen-bond donors (Lipinski definition) is 1. The summed E-state index contributed by atoms with van der Waals surface area (Å²) in [5, 5.41) is 3.30. The summed E-state index contributed by atoms with van der Waals surface area (Å²) in [4.78, 5) is 11.1. The van der Waals surface area contributed by atoms with Crippen LogP contribution in [0.25, 0.3) is 0 Å². The van der Waals surface area contributed by atoms with Crippen LogP contribution >= 0.6 is 0 Å². The van der Waals surface area contributed by atoms with Gasteiger partial charge in [-0.3, -0.25) is 0 Å². The molecule has 0 amide bonds. The maximum absolute atomic E-state index is 5.41. The lowest BCUT2D eigenvalue weighted by molar-refractivity contribution is 0.324. The van der Waals surface area contributed by atoms with E-state index < -0.39 is 0 Å². The minimum absolute atomic E-state index is 0.541. The van der Waals surface area contributed by atoms with E-state index in [0.717, 1.165) is 17.1 Å². The van der Waals surface area contributed by atoms with Crippen molar-refractivity contribution < 1.29 is 14.2 Å². The van der Waals surface area contributed by atoms with E-state index >= 15 is 0 Å². The number of ether oxygens (including phenoxy) is 3. The number of anilines is 4. The number of hydrogen-bond acceptors (Lipinski definition) is 7. The minimum Gasteiger partial charge on any atom is -0.493 e. The van der Waals surface area contributed by atoms with E-state index in [1.165, 1.54) is 0 Å². The standard InChI is InChI=1S/C21H24N4O3/c1-14-11-19(24-21(22-14)25(2)16-9-7-6-8-10-16)23-15-12-17(26-3)20(28-5)18(13-15)27-4/h6-13H,1-5H3,(H,22,23,24). The highest BCUT2D eigenvalue weighted by molar-refractivity contribution is 5.67. The van der Waals surface area contributed by atoms with Crippen LogP contribution in [0.4, 0.5) is 23.1 Å². The Bertz CT molecular complexity index is 923. The number of benzene rings is 2. The lowest BCUT2D eigenvalue weighted by Gasteiger charge is -2.19. The van der Waals surface area contributed by atoms with E-state index in [1.807, 2.05) is 67.4 Å². The highest BCUT2D eigenvalue weighted by Gasteiger charge is 2.15. The average molecular weight is 380 g/mol. The summed E-state index contributed by atoms with van der Waals surface area (Å²) in [5.74, 6) is 2.94. The lowest BCUT2D eigenvalue weighted by Crippen LogP contribution is -2.14. The first-order valence-corrected chi connectivity index (χ1v) is 8.77. The monoisotopic (exact) mass is 380 g/mol. The van der Waals surface area contributed by atoms with E-state index in [1.54, 1.807) is 21.3 Å². The predicted molar refractivity (Wildman–Crippen MR) is 111 cm³/mol. The third-order valence-electron chi connectivity index (χ3n) is 4.22. The molecule has 0 aliphatic rings. The Kier molecular flexibility index (Phi) is 5.84. The van der Waals surface area contributed by atoms with E-state index in [0.29, 0.717) is 29.0 Å². The van der Waals surface area contributed by atoms with Crippen LogP contribution in [0.15, 0.2) is 48.5 Å². The second kappa shape index (κ2) is 8.47. The molecule has 1 aromatic heterocycles. The molecular formula is C21H24N4O3. The maximum Gasteiger partial charge on any atom is 0.231 e. The highest BCUT2D eigenvalue weighted by Crippen LogP contribution is 2.40. The molecule has 28 heavy (non-hydrogen) atoms. The summed E-state index contributed by atoms with van der Waals surface area (Å²) >= 11 is 0. The zero-order chi connectivity index (χ0) is 20.1. The summed E-state index contributed by atoms with van der Waals surface area (Å²) in [5.41, 5.74) is 2.62. The minimum atomic E-state index is 0.541. The van der Waals surface area contributed by atoms with Crippen LogP contribution in [0.1, 0.15) is 5.69 Å². The van der Waals surface area contributed by atoms with Gasteiger partial charge in [0.1, 0.15) is 5.82 Å².